The summed E-state index contributed by atoms with van der Waals surface area (Å²) in [6.45, 7) is 2.08. The van der Waals surface area contributed by atoms with Crippen molar-refractivity contribution in [3.63, 3.8) is 0 Å². The molecule has 88 valence electrons. The van der Waals surface area contributed by atoms with Crippen molar-refractivity contribution in [2.45, 2.75) is 38.5 Å². The lowest BCUT2D eigenvalue weighted by Crippen LogP contribution is -2.00. The number of hydrogen-bond donors (Lipinski definition) is 0. The Kier molecular flexibility index (Phi) is 2.67. The standard InChI is InChI=1S/C14H17N3/c1-11-6-8-15-14(10-11)17-9-7-13(16-17)12-4-2-3-5-12/h6-10,12H,2-5H2,1H3. The molecule has 2 heterocycles. The highest BCUT2D eigenvalue weighted by molar-refractivity contribution is 5.27. The number of nitrogens with zero attached hydrogens (tertiary/aromatic N) is 3. The highest BCUT2D eigenvalue weighted by Crippen LogP contribution is 2.33. The molecule has 0 spiro atoms. The molecule has 0 aliphatic heterocycles. The Morgan fingerprint density at radius 3 is 2.82 bits per heavy atom. The number of hydrogen-bond acceptors (Lipinski definition) is 2. The Morgan fingerprint density at radius 2 is 2.06 bits per heavy atom. The fourth-order valence-electron chi connectivity index (χ4n) is 2.55. The maximum Gasteiger partial charge on any atom is 0.153 e. The highest BCUT2D eigenvalue weighted by Gasteiger charge is 2.19. The second-order valence-corrected chi connectivity index (χ2v) is 4.86. The van der Waals surface area contributed by atoms with Crippen LogP contribution in [-0.4, -0.2) is 14.8 Å². The second-order valence-electron chi connectivity index (χ2n) is 4.86. The molecule has 0 atom stereocenters. The van der Waals surface area contributed by atoms with Crippen LogP contribution in [-0.2, 0) is 0 Å². The minimum atomic E-state index is 0.668. The molecule has 1 saturated carbocycles. The topological polar surface area (TPSA) is 30.7 Å². The summed E-state index contributed by atoms with van der Waals surface area (Å²) in [5, 5.41) is 4.66. The van der Waals surface area contributed by atoms with E-state index in [0.717, 1.165) is 5.82 Å². The van der Waals surface area contributed by atoms with Crippen molar-refractivity contribution in [1.82, 2.24) is 14.8 Å². The number of rotatable bonds is 2. The van der Waals surface area contributed by atoms with Crippen molar-refractivity contribution in [2.24, 2.45) is 0 Å². The second kappa shape index (κ2) is 4.32. The van der Waals surface area contributed by atoms with Crippen LogP contribution in [0.15, 0.2) is 30.6 Å². The average Bonchev–Trinajstić information content (AvgIpc) is 3.00. The van der Waals surface area contributed by atoms with E-state index >= 15 is 0 Å². The fraction of sp³-hybridized carbons (Fsp3) is 0.429. The summed E-state index contributed by atoms with van der Waals surface area (Å²) in [4.78, 5) is 4.35. The molecule has 3 rings (SSSR count). The summed E-state index contributed by atoms with van der Waals surface area (Å²) in [7, 11) is 0. The van der Waals surface area contributed by atoms with E-state index in [1.165, 1.54) is 36.9 Å². The monoisotopic (exact) mass is 227 g/mol. The molecule has 0 bridgehead atoms. The number of aromatic nitrogens is 3. The van der Waals surface area contributed by atoms with Gasteiger partial charge in [-0.05, 0) is 43.5 Å². The van der Waals surface area contributed by atoms with Crippen molar-refractivity contribution in [1.29, 1.82) is 0 Å². The number of aryl methyl sites for hydroxylation is 1. The van der Waals surface area contributed by atoms with Gasteiger partial charge in [0.25, 0.3) is 0 Å². The first kappa shape index (κ1) is 10.5. The Bertz CT molecular complexity index is 510. The van der Waals surface area contributed by atoms with Gasteiger partial charge < -0.3 is 0 Å². The van der Waals surface area contributed by atoms with Crippen molar-refractivity contribution >= 4 is 0 Å². The summed E-state index contributed by atoms with van der Waals surface area (Å²) >= 11 is 0. The molecular formula is C14H17N3. The summed E-state index contributed by atoms with van der Waals surface area (Å²) in [6, 6.07) is 6.20. The lowest BCUT2D eigenvalue weighted by Gasteiger charge is -2.04. The van der Waals surface area contributed by atoms with Crippen LogP contribution >= 0.6 is 0 Å². The first-order chi connectivity index (χ1) is 8.33. The minimum Gasteiger partial charge on any atom is -0.237 e. The van der Waals surface area contributed by atoms with E-state index in [4.69, 9.17) is 0 Å². The maximum atomic E-state index is 4.66. The minimum absolute atomic E-state index is 0.668. The van der Waals surface area contributed by atoms with Crippen LogP contribution in [0.2, 0.25) is 0 Å². The van der Waals surface area contributed by atoms with Crippen LogP contribution in [0.1, 0.15) is 42.9 Å². The van der Waals surface area contributed by atoms with E-state index in [9.17, 15) is 0 Å². The van der Waals surface area contributed by atoms with Crippen molar-refractivity contribution in [3.05, 3.63) is 41.9 Å². The van der Waals surface area contributed by atoms with Crippen molar-refractivity contribution < 1.29 is 0 Å². The molecule has 0 saturated heterocycles. The molecule has 17 heavy (non-hydrogen) atoms. The van der Waals surface area contributed by atoms with Gasteiger partial charge in [-0.3, -0.25) is 0 Å². The Balaban J connectivity index is 1.89. The predicted octanol–water partition coefficient (Wildman–Crippen LogP) is 3.23. The molecule has 1 aliphatic rings. The van der Waals surface area contributed by atoms with E-state index < -0.39 is 0 Å². The average molecular weight is 227 g/mol. The van der Waals surface area contributed by atoms with Gasteiger partial charge in [-0.15, -0.1) is 0 Å². The smallest absolute Gasteiger partial charge is 0.153 e. The lowest BCUT2D eigenvalue weighted by molar-refractivity contribution is 0.675. The van der Waals surface area contributed by atoms with Gasteiger partial charge in [-0.2, -0.15) is 5.10 Å². The van der Waals surface area contributed by atoms with Gasteiger partial charge in [0.2, 0.25) is 0 Å². The molecule has 2 aromatic rings. The van der Waals surface area contributed by atoms with Gasteiger partial charge in [-0.25, -0.2) is 9.67 Å². The van der Waals surface area contributed by atoms with Crippen LogP contribution in [0.5, 0.6) is 0 Å². The van der Waals surface area contributed by atoms with E-state index in [2.05, 4.69) is 29.1 Å². The van der Waals surface area contributed by atoms with Crippen LogP contribution in [0.4, 0.5) is 0 Å². The van der Waals surface area contributed by atoms with Gasteiger partial charge in [0.15, 0.2) is 5.82 Å². The quantitative estimate of drug-likeness (QED) is 0.788. The van der Waals surface area contributed by atoms with Gasteiger partial charge in [-0.1, -0.05) is 12.8 Å². The molecule has 3 nitrogen and oxygen atoms in total. The third kappa shape index (κ3) is 2.09. The molecule has 0 aromatic carbocycles. The van der Waals surface area contributed by atoms with Crippen molar-refractivity contribution in [2.75, 3.05) is 0 Å². The summed E-state index contributed by atoms with van der Waals surface area (Å²) in [5.41, 5.74) is 2.44. The molecule has 0 amide bonds. The lowest BCUT2D eigenvalue weighted by atomic mass is 10.1. The SMILES string of the molecule is Cc1ccnc(-n2ccc(C3CCCC3)n2)c1. The normalized spacial score (nSPS) is 16.5. The molecule has 1 fully saturated rings. The van der Waals surface area contributed by atoms with Crippen LogP contribution in [0.25, 0.3) is 5.82 Å². The van der Waals surface area contributed by atoms with Crippen LogP contribution in [0.3, 0.4) is 0 Å². The predicted molar refractivity (Wildman–Crippen MR) is 67.3 cm³/mol. The summed E-state index contributed by atoms with van der Waals surface area (Å²) in [5.74, 6) is 1.58. The van der Waals surface area contributed by atoms with Gasteiger partial charge in [0.1, 0.15) is 0 Å². The fourth-order valence-corrected chi connectivity index (χ4v) is 2.55. The van der Waals surface area contributed by atoms with E-state index in [1.54, 1.807) is 0 Å². The van der Waals surface area contributed by atoms with Crippen molar-refractivity contribution in [3.8, 4) is 5.82 Å². The zero-order valence-electron chi connectivity index (χ0n) is 10.1. The molecule has 3 heteroatoms. The molecule has 0 unspecified atom stereocenters. The van der Waals surface area contributed by atoms with Crippen LogP contribution < -0.4 is 0 Å². The van der Waals surface area contributed by atoms with Crippen LogP contribution in [0, 0.1) is 6.92 Å². The zero-order valence-corrected chi connectivity index (χ0v) is 10.1. The van der Waals surface area contributed by atoms with Gasteiger partial charge >= 0.3 is 0 Å². The molecule has 2 aromatic heterocycles. The molecule has 1 aliphatic carbocycles. The molecular weight excluding hydrogens is 210 g/mol. The maximum absolute atomic E-state index is 4.66. The largest absolute Gasteiger partial charge is 0.237 e. The van der Waals surface area contributed by atoms with Gasteiger partial charge in [0.05, 0.1) is 5.69 Å². The van der Waals surface area contributed by atoms with E-state index in [1.807, 2.05) is 23.1 Å². The summed E-state index contributed by atoms with van der Waals surface area (Å²) < 4.78 is 1.89. The Labute approximate surface area is 101 Å². The Hall–Kier alpha value is -1.64. The Morgan fingerprint density at radius 1 is 1.24 bits per heavy atom. The van der Waals surface area contributed by atoms with Gasteiger partial charge in [0, 0.05) is 18.3 Å². The highest BCUT2D eigenvalue weighted by atomic mass is 15.3. The van der Waals surface area contributed by atoms with E-state index in [-0.39, 0.29) is 0 Å². The number of pyridine rings is 1. The molecule has 0 N–H and O–H groups in total. The third-order valence-corrected chi connectivity index (χ3v) is 3.52. The first-order valence-corrected chi connectivity index (χ1v) is 6.31. The zero-order chi connectivity index (χ0) is 11.7. The van der Waals surface area contributed by atoms with E-state index in [0.29, 0.717) is 5.92 Å². The first-order valence-electron chi connectivity index (χ1n) is 6.31. The third-order valence-electron chi connectivity index (χ3n) is 3.52. The summed E-state index contributed by atoms with van der Waals surface area (Å²) in [6.07, 6.45) is 9.13. The molecule has 0 radical (unpaired) electrons.